The summed E-state index contributed by atoms with van der Waals surface area (Å²) in [7, 11) is 1.58. The number of nitrogens with zero attached hydrogens (tertiary/aromatic N) is 1. The molecule has 98 valence electrons. The van der Waals surface area contributed by atoms with E-state index in [-0.39, 0.29) is 5.56 Å². The molecule has 0 radical (unpaired) electrons. The van der Waals surface area contributed by atoms with Crippen LogP contribution in [0.15, 0.2) is 46.9 Å². The predicted octanol–water partition coefficient (Wildman–Crippen LogP) is 3.45. The molecule has 0 bridgehead atoms. The maximum Gasteiger partial charge on any atom is 0.261 e. The minimum absolute atomic E-state index is 0.0132. The van der Waals surface area contributed by atoms with Crippen molar-refractivity contribution in [2.75, 3.05) is 17.7 Å². The predicted molar refractivity (Wildman–Crippen MR) is 77.7 cm³/mol. The fourth-order valence-corrected chi connectivity index (χ4v) is 2.05. The van der Waals surface area contributed by atoms with Gasteiger partial charge in [-0.25, -0.2) is 4.39 Å². The Morgan fingerprint density at radius 1 is 1.26 bits per heavy atom. The number of amides is 1. The number of nitrogens with two attached hydrogens (primary N) is 1. The van der Waals surface area contributed by atoms with Crippen molar-refractivity contribution in [1.29, 1.82) is 0 Å². The molecule has 0 atom stereocenters. The summed E-state index contributed by atoms with van der Waals surface area (Å²) in [5.41, 5.74) is 6.85. The summed E-state index contributed by atoms with van der Waals surface area (Å²) in [4.78, 5) is 13.6. The van der Waals surface area contributed by atoms with Crippen LogP contribution in [-0.2, 0) is 0 Å². The zero-order valence-corrected chi connectivity index (χ0v) is 11.8. The number of halogens is 2. The van der Waals surface area contributed by atoms with Gasteiger partial charge in [0.05, 0.1) is 5.56 Å². The average molecular weight is 323 g/mol. The van der Waals surface area contributed by atoms with Crippen LogP contribution in [-0.4, -0.2) is 13.0 Å². The zero-order valence-electron chi connectivity index (χ0n) is 10.2. The molecule has 0 aliphatic heterocycles. The van der Waals surface area contributed by atoms with Gasteiger partial charge in [0.15, 0.2) is 0 Å². The smallest absolute Gasteiger partial charge is 0.261 e. The fraction of sp³-hybridized carbons (Fsp3) is 0.0714. The maximum atomic E-state index is 13.7. The highest BCUT2D eigenvalue weighted by atomic mass is 79.9. The van der Waals surface area contributed by atoms with Crippen molar-refractivity contribution in [3.63, 3.8) is 0 Å². The third kappa shape index (κ3) is 2.93. The van der Waals surface area contributed by atoms with Gasteiger partial charge in [0, 0.05) is 22.9 Å². The molecule has 2 aromatic carbocycles. The van der Waals surface area contributed by atoms with Gasteiger partial charge in [0.2, 0.25) is 0 Å². The molecule has 0 spiro atoms. The second kappa shape index (κ2) is 5.40. The summed E-state index contributed by atoms with van der Waals surface area (Å²) >= 11 is 3.22. The molecule has 2 aromatic rings. The molecule has 0 aliphatic carbocycles. The van der Waals surface area contributed by atoms with Crippen LogP contribution in [0.3, 0.4) is 0 Å². The van der Waals surface area contributed by atoms with E-state index in [2.05, 4.69) is 15.9 Å². The monoisotopic (exact) mass is 322 g/mol. The van der Waals surface area contributed by atoms with Crippen LogP contribution < -0.4 is 10.6 Å². The summed E-state index contributed by atoms with van der Waals surface area (Å²) in [6.45, 7) is 0. The Morgan fingerprint density at radius 3 is 2.68 bits per heavy atom. The Labute approximate surface area is 119 Å². The molecule has 1 amide bonds. The molecule has 0 unspecified atom stereocenters. The van der Waals surface area contributed by atoms with Gasteiger partial charge < -0.3 is 10.6 Å². The number of carbonyl (C=O) groups is 1. The summed E-state index contributed by atoms with van der Waals surface area (Å²) in [6, 6.07) is 11.1. The second-order valence-electron chi connectivity index (χ2n) is 4.08. The highest BCUT2D eigenvalue weighted by Gasteiger charge is 2.17. The average Bonchev–Trinajstić information content (AvgIpc) is 2.40. The van der Waals surface area contributed by atoms with Crippen molar-refractivity contribution in [2.45, 2.75) is 0 Å². The number of hydrogen-bond donors (Lipinski definition) is 1. The van der Waals surface area contributed by atoms with Gasteiger partial charge in [-0.1, -0.05) is 22.0 Å². The number of anilines is 2. The standard InChI is InChI=1S/C14H12BrFN2O/c1-18(11-4-2-3-10(17)8-11)14(19)12-7-9(15)5-6-13(12)16/h2-8H,17H2,1H3. The first-order chi connectivity index (χ1) is 8.99. The minimum Gasteiger partial charge on any atom is -0.399 e. The first-order valence-electron chi connectivity index (χ1n) is 5.57. The number of carbonyl (C=O) groups excluding carboxylic acids is 1. The van der Waals surface area contributed by atoms with Crippen molar-refractivity contribution in [2.24, 2.45) is 0 Å². The molecule has 0 aromatic heterocycles. The van der Waals surface area contributed by atoms with Crippen molar-refractivity contribution in [3.05, 3.63) is 58.3 Å². The summed E-state index contributed by atoms with van der Waals surface area (Å²) in [5, 5.41) is 0. The summed E-state index contributed by atoms with van der Waals surface area (Å²) < 4.78 is 14.3. The van der Waals surface area contributed by atoms with Gasteiger partial charge in [-0.15, -0.1) is 0 Å². The lowest BCUT2D eigenvalue weighted by molar-refractivity contribution is 0.0989. The molecule has 19 heavy (non-hydrogen) atoms. The van der Waals surface area contributed by atoms with Crippen LogP contribution >= 0.6 is 15.9 Å². The molecule has 2 N–H and O–H groups in total. The van der Waals surface area contributed by atoms with E-state index in [1.807, 2.05) is 0 Å². The van der Waals surface area contributed by atoms with Crippen LogP contribution in [0.5, 0.6) is 0 Å². The maximum absolute atomic E-state index is 13.7. The Morgan fingerprint density at radius 2 is 2.00 bits per heavy atom. The highest BCUT2D eigenvalue weighted by Crippen LogP contribution is 2.21. The number of benzene rings is 2. The molecule has 2 rings (SSSR count). The normalized spacial score (nSPS) is 10.3. The minimum atomic E-state index is -0.552. The van der Waals surface area contributed by atoms with Gasteiger partial charge in [0.25, 0.3) is 5.91 Å². The SMILES string of the molecule is CN(C(=O)c1cc(Br)ccc1F)c1cccc(N)c1. The molecule has 0 fully saturated rings. The van der Waals surface area contributed by atoms with E-state index in [0.717, 1.165) is 0 Å². The van der Waals surface area contributed by atoms with E-state index < -0.39 is 11.7 Å². The molecule has 0 saturated carbocycles. The lowest BCUT2D eigenvalue weighted by atomic mass is 10.1. The van der Waals surface area contributed by atoms with Crippen LogP contribution in [0, 0.1) is 5.82 Å². The largest absolute Gasteiger partial charge is 0.399 e. The third-order valence-corrected chi connectivity index (χ3v) is 3.21. The van der Waals surface area contributed by atoms with Crippen molar-refractivity contribution < 1.29 is 9.18 Å². The van der Waals surface area contributed by atoms with Gasteiger partial charge >= 0.3 is 0 Å². The molecule has 0 saturated heterocycles. The van der Waals surface area contributed by atoms with Crippen LogP contribution in [0.4, 0.5) is 15.8 Å². The topological polar surface area (TPSA) is 46.3 Å². The number of hydrogen-bond acceptors (Lipinski definition) is 2. The molecule has 0 aliphatic rings. The summed E-state index contributed by atoms with van der Waals surface area (Å²) in [6.07, 6.45) is 0. The summed E-state index contributed by atoms with van der Waals surface area (Å²) in [5.74, 6) is -0.978. The van der Waals surface area contributed by atoms with Crippen molar-refractivity contribution in [1.82, 2.24) is 0 Å². The first-order valence-corrected chi connectivity index (χ1v) is 6.37. The lowest BCUT2D eigenvalue weighted by Crippen LogP contribution is -2.27. The number of rotatable bonds is 2. The lowest BCUT2D eigenvalue weighted by Gasteiger charge is -2.18. The molecular weight excluding hydrogens is 311 g/mol. The Kier molecular flexibility index (Phi) is 3.85. The van der Waals surface area contributed by atoms with Crippen LogP contribution in [0.2, 0.25) is 0 Å². The van der Waals surface area contributed by atoms with Gasteiger partial charge in [0.1, 0.15) is 5.82 Å². The van der Waals surface area contributed by atoms with E-state index in [9.17, 15) is 9.18 Å². The van der Waals surface area contributed by atoms with Crippen LogP contribution in [0.1, 0.15) is 10.4 Å². The van der Waals surface area contributed by atoms with E-state index in [4.69, 9.17) is 5.73 Å². The van der Waals surface area contributed by atoms with Gasteiger partial charge in [-0.2, -0.15) is 0 Å². The molecule has 5 heteroatoms. The first kappa shape index (κ1) is 13.5. The number of nitrogen functional groups attached to an aromatic ring is 1. The highest BCUT2D eigenvalue weighted by molar-refractivity contribution is 9.10. The Balaban J connectivity index is 2.36. The molecule has 0 heterocycles. The third-order valence-electron chi connectivity index (χ3n) is 2.72. The van der Waals surface area contributed by atoms with E-state index in [1.165, 1.54) is 17.0 Å². The quantitative estimate of drug-likeness (QED) is 0.861. The van der Waals surface area contributed by atoms with E-state index >= 15 is 0 Å². The molecular formula is C14H12BrFN2O. The molecule has 3 nitrogen and oxygen atoms in total. The van der Waals surface area contributed by atoms with Crippen molar-refractivity contribution >= 4 is 33.2 Å². The van der Waals surface area contributed by atoms with Crippen molar-refractivity contribution in [3.8, 4) is 0 Å². The van der Waals surface area contributed by atoms with E-state index in [0.29, 0.717) is 15.8 Å². The second-order valence-corrected chi connectivity index (χ2v) is 5.00. The van der Waals surface area contributed by atoms with Gasteiger partial charge in [-0.3, -0.25) is 4.79 Å². The van der Waals surface area contributed by atoms with Gasteiger partial charge in [-0.05, 0) is 36.4 Å². The Bertz CT molecular complexity index is 631. The Hall–Kier alpha value is -1.88. The zero-order chi connectivity index (χ0) is 14.0. The fourth-order valence-electron chi connectivity index (χ4n) is 1.69. The van der Waals surface area contributed by atoms with E-state index in [1.54, 1.807) is 37.4 Å². The van der Waals surface area contributed by atoms with Crippen LogP contribution in [0.25, 0.3) is 0 Å².